The molecule has 0 aliphatic carbocycles. The second kappa shape index (κ2) is 10.8. The number of ether oxygens (including phenoxy) is 1. The molecule has 0 saturated heterocycles. The van der Waals surface area contributed by atoms with Gasteiger partial charge < -0.3 is 19.8 Å². The van der Waals surface area contributed by atoms with Crippen molar-refractivity contribution >= 4 is 34.5 Å². The van der Waals surface area contributed by atoms with Crippen LogP contribution in [0.3, 0.4) is 0 Å². The van der Waals surface area contributed by atoms with Gasteiger partial charge in [0.15, 0.2) is 0 Å². The highest BCUT2D eigenvalue weighted by atomic mass is 16.5. The molecular weight excluding hydrogens is 458 g/mol. The van der Waals surface area contributed by atoms with Gasteiger partial charge in [-0.2, -0.15) is 0 Å². The Morgan fingerprint density at radius 3 is 2.25 bits per heavy atom. The molecule has 8 nitrogen and oxygen atoms in total. The maximum atomic E-state index is 12.7. The quantitative estimate of drug-likeness (QED) is 0.312. The van der Waals surface area contributed by atoms with E-state index in [0.29, 0.717) is 34.4 Å². The van der Waals surface area contributed by atoms with Crippen LogP contribution in [0.25, 0.3) is 10.9 Å². The van der Waals surface area contributed by atoms with Crippen LogP contribution in [-0.4, -0.2) is 50.7 Å². The molecule has 0 radical (unpaired) electrons. The highest BCUT2D eigenvalue weighted by molar-refractivity contribution is 6.23. The average Bonchev–Trinajstić information content (AvgIpc) is 3.18. The second-order valence-corrected chi connectivity index (χ2v) is 8.04. The minimum atomic E-state index is -0.973. The molecule has 1 amide bonds. The minimum absolute atomic E-state index is 0.170. The fraction of sp³-hybridized carbons (Fsp3) is 0.179. The van der Waals surface area contributed by atoms with Gasteiger partial charge in [0.1, 0.15) is 0 Å². The van der Waals surface area contributed by atoms with Gasteiger partial charge in [0, 0.05) is 24.0 Å². The largest absolute Gasteiger partial charge is 0.494 e. The Morgan fingerprint density at radius 2 is 1.61 bits per heavy atom. The number of aromatic hydroxyl groups is 1. The lowest BCUT2D eigenvalue weighted by atomic mass is 10.0. The molecule has 0 spiro atoms. The Balaban J connectivity index is 1.85. The molecule has 8 heteroatoms. The first-order chi connectivity index (χ1) is 17.4. The number of aliphatic imine (C=N–C) groups is 1. The van der Waals surface area contributed by atoms with Crippen LogP contribution in [0.2, 0.25) is 0 Å². The third-order valence-corrected chi connectivity index (χ3v) is 5.79. The molecule has 0 aliphatic rings. The maximum Gasteiger partial charge on any atom is 0.421 e. The zero-order valence-electron chi connectivity index (χ0n) is 20.1. The maximum absolute atomic E-state index is 12.7. The zero-order chi connectivity index (χ0) is 25.7. The Hall–Kier alpha value is -4.59. The Kier molecular flexibility index (Phi) is 7.34. The van der Waals surface area contributed by atoms with Crippen molar-refractivity contribution in [1.29, 1.82) is 0 Å². The number of benzene rings is 3. The lowest BCUT2D eigenvalue weighted by molar-refractivity contribution is 0.145. The fourth-order valence-electron chi connectivity index (χ4n) is 4.03. The van der Waals surface area contributed by atoms with Gasteiger partial charge in [-0.05, 0) is 37.6 Å². The first-order valence-electron chi connectivity index (χ1n) is 11.6. The average molecular weight is 486 g/mol. The number of para-hydroxylation sites is 1. The van der Waals surface area contributed by atoms with Crippen LogP contribution in [0, 0.1) is 0 Å². The summed E-state index contributed by atoms with van der Waals surface area (Å²) in [5, 5.41) is 21.2. The molecule has 4 aromatic rings. The van der Waals surface area contributed by atoms with Gasteiger partial charge in [-0.25, -0.2) is 19.1 Å². The summed E-state index contributed by atoms with van der Waals surface area (Å²) < 4.78 is 6.34. The molecule has 0 fully saturated rings. The van der Waals surface area contributed by atoms with Crippen molar-refractivity contribution in [3.05, 3.63) is 95.6 Å². The van der Waals surface area contributed by atoms with E-state index in [-0.39, 0.29) is 19.0 Å². The lowest BCUT2D eigenvalue weighted by Crippen LogP contribution is -2.28. The molecule has 0 saturated carbocycles. The van der Waals surface area contributed by atoms with Crippen molar-refractivity contribution < 1.29 is 24.5 Å². The van der Waals surface area contributed by atoms with Crippen LogP contribution < -0.4 is 0 Å². The van der Waals surface area contributed by atoms with E-state index in [1.54, 1.807) is 38.1 Å². The Morgan fingerprint density at radius 1 is 0.944 bits per heavy atom. The molecule has 3 aromatic carbocycles. The number of fused-ring (bicyclic) bond motifs is 1. The van der Waals surface area contributed by atoms with E-state index in [2.05, 4.69) is 0 Å². The van der Waals surface area contributed by atoms with Crippen LogP contribution in [0.4, 0.5) is 15.3 Å². The summed E-state index contributed by atoms with van der Waals surface area (Å²) in [6, 6.07) is 23.9. The van der Waals surface area contributed by atoms with Gasteiger partial charge in [0.05, 0.1) is 29.1 Å². The van der Waals surface area contributed by atoms with Crippen LogP contribution >= 0.6 is 0 Å². The van der Waals surface area contributed by atoms with Crippen LogP contribution in [0.1, 0.15) is 30.5 Å². The lowest BCUT2D eigenvalue weighted by Gasteiger charge is -2.16. The summed E-state index contributed by atoms with van der Waals surface area (Å²) in [7, 11) is 0. The van der Waals surface area contributed by atoms with E-state index < -0.39 is 12.2 Å². The number of carbonyl (C=O) groups excluding carboxylic acids is 1. The number of aromatic nitrogens is 1. The van der Waals surface area contributed by atoms with Crippen molar-refractivity contribution in [3.63, 3.8) is 0 Å². The Labute approximate surface area is 208 Å². The molecule has 1 aromatic heterocycles. The third kappa shape index (κ3) is 4.93. The molecule has 36 heavy (non-hydrogen) atoms. The second-order valence-electron chi connectivity index (χ2n) is 8.04. The molecule has 1 heterocycles. The van der Waals surface area contributed by atoms with Gasteiger partial charge in [-0.1, -0.05) is 60.7 Å². The summed E-state index contributed by atoms with van der Waals surface area (Å²) in [6.45, 7) is 4.33. The number of nitrogens with zero attached hydrogens (tertiary/aromatic N) is 3. The molecular formula is C28H27N3O5. The molecule has 2 N–H and O–H groups in total. The zero-order valence-corrected chi connectivity index (χ0v) is 20.1. The van der Waals surface area contributed by atoms with E-state index in [4.69, 9.17) is 9.73 Å². The van der Waals surface area contributed by atoms with Gasteiger partial charge in [-0.3, -0.25) is 0 Å². The summed E-state index contributed by atoms with van der Waals surface area (Å²) >= 11 is 0. The van der Waals surface area contributed by atoms with Crippen molar-refractivity contribution in [1.82, 2.24) is 9.47 Å². The number of hydrogen-bond donors (Lipinski definition) is 2. The van der Waals surface area contributed by atoms with E-state index in [9.17, 15) is 19.8 Å². The highest BCUT2D eigenvalue weighted by Gasteiger charge is 2.25. The number of hydrogen-bond acceptors (Lipinski definition) is 5. The monoisotopic (exact) mass is 485 g/mol. The molecule has 0 unspecified atom stereocenters. The van der Waals surface area contributed by atoms with Crippen molar-refractivity contribution in [2.75, 3.05) is 13.2 Å². The first-order valence-corrected chi connectivity index (χ1v) is 11.6. The number of amides is 1. The molecule has 0 atom stereocenters. The molecule has 0 bridgehead atoms. The number of rotatable bonds is 7. The molecule has 184 valence electrons. The first kappa shape index (κ1) is 24.5. The summed E-state index contributed by atoms with van der Waals surface area (Å²) in [6.07, 6.45) is -1.65. The van der Waals surface area contributed by atoms with Gasteiger partial charge in [-0.15, -0.1) is 0 Å². The van der Waals surface area contributed by atoms with Gasteiger partial charge in [0.25, 0.3) is 0 Å². The predicted octanol–water partition coefficient (Wildman–Crippen LogP) is 6.02. The topological polar surface area (TPSA) is 104 Å². The smallest absolute Gasteiger partial charge is 0.421 e. The van der Waals surface area contributed by atoms with E-state index in [0.717, 1.165) is 15.7 Å². The van der Waals surface area contributed by atoms with Crippen LogP contribution in [0.15, 0.2) is 83.9 Å². The van der Waals surface area contributed by atoms with E-state index >= 15 is 0 Å². The van der Waals surface area contributed by atoms with Crippen molar-refractivity contribution in [2.24, 2.45) is 4.99 Å². The minimum Gasteiger partial charge on any atom is -0.494 e. The number of carboxylic acid groups (broad SMARTS) is 1. The molecule has 4 rings (SSSR count). The third-order valence-electron chi connectivity index (χ3n) is 5.79. The van der Waals surface area contributed by atoms with Crippen molar-refractivity contribution in [2.45, 2.75) is 20.4 Å². The Bertz CT molecular complexity index is 1410. The highest BCUT2D eigenvalue weighted by Crippen LogP contribution is 2.35. The van der Waals surface area contributed by atoms with E-state index in [1.165, 1.54) is 4.90 Å². The summed E-state index contributed by atoms with van der Waals surface area (Å²) in [4.78, 5) is 30.2. The van der Waals surface area contributed by atoms with Crippen LogP contribution in [0.5, 0.6) is 5.88 Å². The van der Waals surface area contributed by atoms with Crippen molar-refractivity contribution in [3.8, 4) is 5.88 Å². The normalized spacial score (nSPS) is 11.4. The van der Waals surface area contributed by atoms with E-state index in [1.807, 2.05) is 54.6 Å². The molecule has 0 aliphatic heterocycles. The summed E-state index contributed by atoms with van der Waals surface area (Å²) in [5.41, 5.74) is 3.62. The van der Waals surface area contributed by atoms with Crippen LogP contribution in [-0.2, 0) is 11.3 Å². The SMILES string of the molecule is CCOC(=O)n1c(O)c(C(=Nc2ccc(CN(CC)C(=O)O)cc2)c2ccccc2)c2ccccc21. The number of carbonyl (C=O) groups is 2. The standard InChI is InChI=1S/C28H27N3O5/c1-3-30(27(33)34)18-19-14-16-21(17-15-19)29-25(20-10-6-5-7-11-20)24-22-12-8-9-13-23(22)31(26(24)32)28(35)36-4-2/h5-17,32H,3-4,18H2,1-2H3,(H,33,34). The summed E-state index contributed by atoms with van der Waals surface area (Å²) in [5.74, 6) is -0.256. The van der Waals surface area contributed by atoms with Gasteiger partial charge in [0.2, 0.25) is 5.88 Å². The predicted molar refractivity (Wildman–Crippen MR) is 138 cm³/mol. The van der Waals surface area contributed by atoms with Gasteiger partial charge >= 0.3 is 12.2 Å². The fourth-order valence-corrected chi connectivity index (χ4v) is 4.03.